The van der Waals surface area contributed by atoms with Crippen molar-refractivity contribution in [1.82, 2.24) is 24.9 Å². The fourth-order valence-corrected chi connectivity index (χ4v) is 3.76. The van der Waals surface area contributed by atoms with E-state index in [0.29, 0.717) is 0 Å². The number of aromatic nitrogens is 4. The van der Waals surface area contributed by atoms with E-state index in [9.17, 15) is 4.79 Å². The molecule has 0 spiro atoms. The Morgan fingerprint density at radius 2 is 2.07 bits per heavy atom. The van der Waals surface area contributed by atoms with Gasteiger partial charge in [0.2, 0.25) is 5.91 Å². The van der Waals surface area contributed by atoms with Crippen molar-refractivity contribution in [1.29, 1.82) is 0 Å². The Hall–Kier alpha value is -2.93. The number of carbonyl (C=O) groups is 1. The van der Waals surface area contributed by atoms with Gasteiger partial charge in [0.25, 0.3) is 0 Å². The second-order valence-electron chi connectivity index (χ2n) is 7.30. The largest absolute Gasteiger partial charge is 0.326 e. The number of likely N-dealkylation sites (tertiary alicyclic amines) is 1. The summed E-state index contributed by atoms with van der Waals surface area (Å²) in [5.74, 6) is 0.164. The molecule has 1 aliphatic heterocycles. The summed E-state index contributed by atoms with van der Waals surface area (Å²) in [6, 6.07) is 11.7. The van der Waals surface area contributed by atoms with E-state index in [0.717, 1.165) is 62.4 Å². The molecule has 2 aromatic heterocycles. The molecule has 1 unspecified atom stereocenters. The maximum absolute atomic E-state index is 12.7. The topological polar surface area (TPSA) is 78.8 Å². The summed E-state index contributed by atoms with van der Waals surface area (Å²) < 4.78 is 1.96. The van der Waals surface area contributed by atoms with Crippen LogP contribution in [-0.2, 0) is 11.3 Å². The minimum atomic E-state index is 0.0470. The standard InChI is InChI=1S/C21H26N6O/c28-21(24-19-7-5-17(6-8-19)20-9-11-22-25-20)18-4-1-12-26(16-18)13-3-15-27-14-2-10-23-27/h2,5-11,14,18H,1,3-4,12-13,15-16H2,(H,22,25)(H,24,28). The van der Waals surface area contributed by atoms with Crippen molar-refractivity contribution < 1.29 is 4.79 Å². The van der Waals surface area contributed by atoms with Gasteiger partial charge in [-0.15, -0.1) is 0 Å². The molecule has 1 aromatic carbocycles. The van der Waals surface area contributed by atoms with Gasteiger partial charge in [-0.25, -0.2) is 0 Å². The summed E-state index contributed by atoms with van der Waals surface area (Å²) in [6.45, 7) is 3.82. The van der Waals surface area contributed by atoms with Gasteiger partial charge >= 0.3 is 0 Å². The molecule has 1 saturated heterocycles. The zero-order valence-electron chi connectivity index (χ0n) is 15.9. The SMILES string of the molecule is O=C(Nc1ccc(-c2ccn[nH]2)cc1)C1CCCN(CCCn2cccn2)C1. The van der Waals surface area contributed by atoms with Crippen molar-refractivity contribution in [2.45, 2.75) is 25.8 Å². The number of carbonyl (C=O) groups excluding carboxylic acids is 1. The fraction of sp³-hybridized carbons (Fsp3) is 0.381. The van der Waals surface area contributed by atoms with Crippen LogP contribution in [-0.4, -0.2) is 50.4 Å². The molecule has 7 nitrogen and oxygen atoms in total. The Morgan fingerprint density at radius 1 is 1.18 bits per heavy atom. The van der Waals surface area contributed by atoms with Gasteiger partial charge in [0.1, 0.15) is 0 Å². The number of piperidine rings is 1. The van der Waals surface area contributed by atoms with E-state index in [1.807, 2.05) is 53.5 Å². The maximum Gasteiger partial charge on any atom is 0.228 e. The number of hydrogen-bond donors (Lipinski definition) is 2. The lowest BCUT2D eigenvalue weighted by molar-refractivity contribution is -0.121. The van der Waals surface area contributed by atoms with Gasteiger partial charge in [-0.1, -0.05) is 12.1 Å². The lowest BCUT2D eigenvalue weighted by atomic mass is 9.97. The van der Waals surface area contributed by atoms with E-state index < -0.39 is 0 Å². The third kappa shape index (κ3) is 4.67. The number of benzene rings is 1. The number of hydrogen-bond acceptors (Lipinski definition) is 4. The summed E-state index contributed by atoms with van der Waals surface area (Å²) in [7, 11) is 0. The van der Waals surface area contributed by atoms with Crippen molar-refractivity contribution in [3.8, 4) is 11.3 Å². The molecule has 28 heavy (non-hydrogen) atoms. The van der Waals surface area contributed by atoms with Crippen LogP contribution in [0.1, 0.15) is 19.3 Å². The molecule has 0 bridgehead atoms. The number of rotatable bonds is 7. The van der Waals surface area contributed by atoms with Gasteiger partial charge in [0.15, 0.2) is 0 Å². The molecule has 1 amide bonds. The molecule has 3 heterocycles. The molecular formula is C21H26N6O. The molecular weight excluding hydrogens is 352 g/mol. The Kier molecular flexibility index (Phi) is 5.82. The maximum atomic E-state index is 12.7. The summed E-state index contributed by atoms with van der Waals surface area (Å²) in [5.41, 5.74) is 2.86. The van der Waals surface area contributed by atoms with Crippen LogP contribution in [0, 0.1) is 5.92 Å². The van der Waals surface area contributed by atoms with E-state index in [2.05, 4.69) is 25.5 Å². The summed E-state index contributed by atoms with van der Waals surface area (Å²) >= 11 is 0. The third-order valence-corrected chi connectivity index (χ3v) is 5.26. The normalized spacial score (nSPS) is 17.5. The first-order valence-electron chi connectivity index (χ1n) is 9.88. The first kappa shape index (κ1) is 18.4. The van der Waals surface area contributed by atoms with Crippen molar-refractivity contribution in [2.24, 2.45) is 5.92 Å². The number of anilines is 1. The zero-order valence-corrected chi connectivity index (χ0v) is 15.9. The quantitative estimate of drug-likeness (QED) is 0.662. The predicted octanol–water partition coefficient (Wildman–Crippen LogP) is 3.01. The van der Waals surface area contributed by atoms with Crippen LogP contribution < -0.4 is 5.32 Å². The lowest BCUT2D eigenvalue weighted by Crippen LogP contribution is -2.41. The summed E-state index contributed by atoms with van der Waals surface area (Å²) in [4.78, 5) is 15.1. The number of amides is 1. The second kappa shape index (κ2) is 8.84. The molecule has 1 aliphatic rings. The average Bonchev–Trinajstić information content (AvgIpc) is 3.43. The Bertz CT molecular complexity index is 857. The van der Waals surface area contributed by atoms with Crippen LogP contribution in [0.15, 0.2) is 55.0 Å². The van der Waals surface area contributed by atoms with Crippen LogP contribution in [0.2, 0.25) is 0 Å². The first-order valence-corrected chi connectivity index (χ1v) is 9.88. The molecule has 1 atom stereocenters. The van der Waals surface area contributed by atoms with E-state index in [1.165, 1.54) is 0 Å². The second-order valence-corrected chi connectivity index (χ2v) is 7.30. The van der Waals surface area contributed by atoms with E-state index in [1.54, 1.807) is 6.20 Å². The van der Waals surface area contributed by atoms with Gasteiger partial charge in [0, 0.05) is 37.4 Å². The predicted molar refractivity (Wildman–Crippen MR) is 109 cm³/mol. The number of nitrogens with one attached hydrogen (secondary N) is 2. The van der Waals surface area contributed by atoms with Crippen LogP contribution >= 0.6 is 0 Å². The number of nitrogens with zero attached hydrogens (tertiary/aromatic N) is 4. The molecule has 1 fully saturated rings. The van der Waals surface area contributed by atoms with Crippen LogP contribution in [0.5, 0.6) is 0 Å². The third-order valence-electron chi connectivity index (χ3n) is 5.26. The summed E-state index contributed by atoms with van der Waals surface area (Å²) in [6.07, 6.45) is 8.60. The molecule has 3 aromatic rings. The highest BCUT2D eigenvalue weighted by Gasteiger charge is 2.25. The summed E-state index contributed by atoms with van der Waals surface area (Å²) in [5, 5.41) is 14.2. The first-order chi connectivity index (χ1) is 13.8. The minimum Gasteiger partial charge on any atom is -0.326 e. The highest BCUT2D eigenvalue weighted by molar-refractivity contribution is 5.93. The molecule has 0 saturated carbocycles. The molecule has 146 valence electrons. The number of H-pyrrole nitrogens is 1. The molecule has 0 aliphatic carbocycles. The van der Waals surface area contributed by atoms with Gasteiger partial charge in [-0.3, -0.25) is 14.6 Å². The smallest absolute Gasteiger partial charge is 0.228 e. The van der Waals surface area contributed by atoms with Crippen LogP contribution in [0.4, 0.5) is 5.69 Å². The van der Waals surface area contributed by atoms with Gasteiger partial charge < -0.3 is 10.2 Å². The van der Waals surface area contributed by atoms with Crippen molar-refractivity contribution in [2.75, 3.05) is 25.0 Å². The number of aryl methyl sites for hydroxylation is 1. The highest BCUT2D eigenvalue weighted by Crippen LogP contribution is 2.22. The van der Waals surface area contributed by atoms with Gasteiger partial charge in [-0.05, 0) is 62.2 Å². The average molecular weight is 378 g/mol. The zero-order chi connectivity index (χ0) is 19.2. The van der Waals surface area contributed by atoms with Crippen molar-refractivity contribution in [3.05, 3.63) is 55.0 Å². The molecule has 0 radical (unpaired) electrons. The van der Waals surface area contributed by atoms with E-state index >= 15 is 0 Å². The highest BCUT2D eigenvalue weighted by atomic mass is 16.1. The van der Waals surface area contributed by atoms with Gasteiger partial charge in [-0.2, -0.15) is 10.2 Å². The van der Waals surface area contributed by atoms with E-state index in [4.69, 9.17) is 0 Å². The van der Waals surface area contributed by atoms with Crippen LogP contribution in [0.3, 0.4) is 0 Å². The Balaban J connectivity index is 1.26. The monoisotopic (exact) mass is 378 g/mol. The molecule has 7 heteroatoms. The molecule has 4 rings (SSSR count). The lowest BCUT2D eigenvalue weighted by Gasteiger charge is -2.32. The number of aromatic amines is 1. The Labute approximate surface area is 164 Å². The van der Waals surface area contributed by atoms with Crippen LogP contribution in [0.25, 0.3) is 11.3 Å². The molecule has 2 N–H and O–H groups in total. The Morgan fingerprint density at radius 3 is 2.82 bits per heavy atom. The minimum absolute atomic E-state index is 0.0470. The fourth-order valence-electron chi connectivity index (χ4n) is 3.76. The van der Waals surface area contributed by atoms with Gasteiger partial charge in [0.05, 0.1) is 11.6 Å². The van der Waals surface area contributed by atoms with E-state index in [-0.39, 0.29) is 11.8 Å². The van der Waals surface area contributed by atoms with Crippen molar-refractivity contribution in [3.63, 3.8) is 0 Å². The van der Waals surface area contributed by atoms with Crippen molar-refractivity contribution >= 4 is 11.6 Å².